The van der Waals surface area contributed by atoms with E-state index in [0.717, 1.165) is 38.5 Å². The van der Waals surface area contributed by atoms with Crippen LogP contribution >= 0.6 is 0 Å². The molecule has 0 aliphatic rings. The molecule has 0 aromatic rings. The number of carbonyl (C=O) groups is 2. The molecule has 0 aromatic carbocycles. The number of unbranched alkanes of at least 4 members (excludes halogenated alkanes) is 2. The zero-order valence-corrected chi connectivity index (χ0v) is 15.5. The van der Waals surface area contributed by atoms with Crippen LogP contribution in [0.1, 0.15) is 66.2 Å². The molecule has 0 saturated carbocycles. The molecule has 0 aliphatic carbocycles. The third-order valence-electron chi connectivity index (χ3n) is 2.79. The SMILES string of the molecule is CCCCC(C)C(=O)[O-].CCCCC(C)C(=O)[O-].[Ga+3].[OH-]. The van der Waals surface area contributed by atoms with Crippen LogP contribution in [0.5, 0.6) is 0 Å². The van der Waals surface area contributed by atoms with E-state index in [2.05, 4.69) is 0 Å². The molecule has 0 radical (unpaired) electrons. The topological polar surface area (TPSA) is 110 Å². The van der Waals surface area contributed by atoms with Crippen LogP contribution in [0.25, 0.3) is 0 Å². The van der Waals surface area contributed by atoms with E-state index in [4.69, 9.17) is 0 Å². The second kappa shape index (κ2) is 18.5. The van der Waals surface area contributed by atoms with Gasteiger partial charge in [-0.25, -0.2) is 0 Å². The molecule has 6 heteroatoms. The maximum absolute atomic E-state index is 10.1. The fourth-order valence-electron chi connectivity index (χ4n) is 1.26. The molecule has 1 N–H and O–H groups in total. The number of carboxylic acids is 2. The first kappa shape index (κ1) is 27.8. The van der Waals surface area contributed by atoms with E-state index in [1.165, 1.54) is 0 Å². The minimum atomic E-state index is -0.927. The van der Waals surface area contributed by atoms with E-state index in [1.807, 2.05) is 13.8 Å². The fourth-order valence-corrected chi connectivity index (χ4v) is 1.26. The summed E-state index contributed by atoms with van der Waals surface area (Å²) in [5.74, 6) is -2.40. The molecule has 116 valence electrons. The Bertz CT molecular complexity index is 210. The third kappa shape index (κ3) is 19.9. The monoisotopic (exact) mass is 344 g/mol. The van der Waals surface area contributed by atoms with Crippen molar-refractivity contribution in [2.75, 3.05) is 0 Å². The number of rotatable bonds is 8. The molecule has 0 aliphatic heterocycles. The Hall–Kier alpha value is -0.464. The van der Waals surface area contributed by atoms with Gasteiger partial charge < -0.3 is 25.3 Å². The van der Waals surface area contributed by atoms with Gasteiger partial charge in [0.25, 0.3) is 0 Å². The van der Waals surface area contributed by atoms with Crippen molar-refractivity contribution in [2.45, 2.75) is 66.2 Å². The Labute approximate surface area is 135 Å². The fraction of sp³-hybridized carbons (Fsp3) is 0.857. The molecule has 0 aromatic heterocycles. The smallest absolute Gasteiger partial charge is 0.870 e. The van der Waals surface area contributed by atoms with Gasteiger partial charge in [-0.3, -0.25) is 0 Å². The van der Waals surface area contributed by atoms with Crippen LogP contribution in [-0.2, 0) is 9.59 Å². The number of carbonyl (C=O) groups excluding carboxylic acids is 2. The van der Waals surface area contributed by atoms with E-state index in [0.29, 0.717) is 0 Å². The predicted octanol–water partition coefficient (Wildman–Crippen LogP) is 0.568. The average molecular weight is 345 g/mol. The van der Waals surface area contributed by atoms with Gasteiger partial charge in [-0.1, -0.05) is 53.4 Å². The van der Waals surface area contributed by atoms with Gasteiger partial charge in [0.15, 0.2) is 0 Å². The number of hydrogen-bond acceptors (Lipinski definition) is 5. The van der Waals surface area contributed by atoms with Gasteiger partial charge in [0, 0.05) is 11.9 Å². The zero-order valence-electron chi connectivity index (χ0n) is 13.1. The molecule has 20 heavy (non-hydrogen) atoms. The molecule has 5 nitrogen and oxygen atoms in total. The van der Waals surface area contributed by atoms with Crippen LogP contribution in [0.4, 0.5) is 0 Å². The summed E-state index contributed by atoms with van der Waals surface area (Å²) in [6.07, 6.45) is 5.57. The van der Waals surface area contributed by atoms with E-state index in [9.17, 15) is 19.8 Å². The summed E-state index contributed by atoms with van der Waals surface area (Å²) < 4.78 is 0. The van der Waals surface area contributed by atoms with E-state index in [1.54, 1.807) is 13.8 Å². The summed E-state index contributed by atoms with van der Waals surface area (Å²) >= 11 is 0. The third-order valence-corrected chi connectivity index (χ3v) is 2.79. The van der Waals surface area contributed by atoms with Gasteiger partial charge in [-0.15, -0.1) is 0 Å². The van der Waals surface area contributed by atoms with E-state index < -0.39 is 11.9 Å². The van der Waals surface area contributed by atoms with Crippen LogP contribution in [0.2, 0.25) is 0 Å². The Kier molecular flexibility index (Phi) is 25.8. The molecule has 0 amide bonds. The van der Waals surface area contributed by atoms with Crippen LogP contribution in [0.3, 0.4) is 0 Å². The number of hydrogen-bond donors (Lipinski definition) is 0. The van der Waals surface area contributed by atoms with Gasteiger partial charge in [-0.2, -0.15) is 0 Å². The molecule has 0 fully saturated rings. The van der Waals surface area contributed by atoms with Crippen molar-refractivity contribution in [1.82, 2.24) is 0 Å². The summed E-state index contributed by atoms with van der Waals surface area (Å²) in [4.78, 5) is 20.2. The van der Waals surface area contributed by atoms with Crippen LogP contribution in [0, 0.1) is 11.8 Å². The standard InChI is InChI=1S/2C7H14O2.Ga.H2O/c2*1-3-4-5-6(2)7(8)9;;/h2*6H,3-5H2,1-2H3,(H,8,9);;1H2/q;;+3;/p-3. The molecule has 0 saturated heterocycles. The Balaban J connectivity index is -0.000000116. The van der Waals surface area contributed by atoms with Gasteiger partial charge in [-0.05, 0) is 24.7 Å². The Morgan fingerprint density at radius 1 is 0.850 bits per heavy atom. The number of carboxylic acid groups (broad SMARTS) is 2. The molecule has 0 rings (SSSR count). The summed E-state index contributed by atoms with van der Waals surface area (Å²) in [5, 5.41) is 20.2. The second-order valence-corrected chi connectivity index (χ2v) is 4.72. The molecule has 2 atom stereocenters. The van der Waals surface area contributed by atoms with Gasteiger partial charge >= 0.3 is 19.8 Å². The molecule has 0 bridgehead atoms. The molecule has 0 spiro atoms. The molecule has 2 unspecified atom stereocenters. The first-order valence-corrected chi connectivity index (χ1v) is 6.78. The zero-order chi connectivity index (χ0) is 14.6. The minimum Gasteiger partial charge on any atom is -0.870 e. The van der Waals surface area contributed by atoms with Gasteiger partial charge in [0.1, 0.15) is 0 Å². The summed E-state index contributed by atoms with van der Waals surface area (Å²) in [7, 11) is 0. The predicted molar refractivity (Wildman–Crippen MR) is 75.1 cm³/mol. The van der Waals surface area contributed by atoms with Gasteiger partial charge in [0.2, 0.25) is 0 Å². The van der Waals surface area contributed by atoms with E-state index >= 15 is 0 Å². The maximum atomic E-state index is 10.1. The molecule has 0 heterocycles. The first-order chi connectivity index (χ1) is 8.36. The summed E-state index contributed by atoms with van der Waals surface area (Å²) in [5.41, 5.74) is 0. The Morgan fingerprint density at radius 3 is 1.25 bits per heavy atom. The number of aliphatic carboxylic acids is 2. The van der Waals surface area contributed by atoms with Crippen LogP contribution in [0.15, 0.2) is 0 Å². The van der Waals surface area contributed by atoms with Crippen molar-refractivity contribution in [3.05, 3.63) is 0 Å². The van der Waals surface area contributed by atoms with Crippen LogP contribution in [-0.4, -0.2) is 37.2 Å². The van der Waals surface area contributed by atoms with Crippen molar-refractivity contribution < 1.29 is 25.3 Å². The average Bonchev–Trinajstić information content (AvgIpc) is 2.33. The van der Waals surface area contributed by atoms with Crippen molar-refractivity contribution >= 4 is 31.7 Å². The summed E-state index contributed by atoms with van der Waals surface area (Å²) in [6.45, 7) is 7.46. The largest absolute Gasteiger partial charge is 3.00 e. The Morgan fingerprint density at radius 2 is 1.10 bits per heavy atom. The quantitative estimate of drug-likeness (QED) is 0.597. The molecular formula is C14H27GaO5. The van der Waals surface area contributed by atoms with Crippen molar-refractivity contribution in [3.63, 3.8) is 0 Å². The van der Waals surface area contributed by atoms with Crippen LogP contribution < -0.4 is 10.2 Å². The molecular weight excluding hydrogens is 318 g/mol. The summed E-state index contributed by atoms with van der Waals surface area (Å²) in [6, 6.07) is 0. The second-order valence-electron chi connectivity index (χ2n) is 4.72. The van der Waals surface area contributed by atoms with Crippen molar-refractivity contribution in [2.24, 2.45) is 11.8 Å². The minimum absolute atomic E-state index is 0. The van der Waals surface area contributed by atoms with Gasteiger partial charge in [0.05, 0.1) is 0 Å². The first-order valence-electron chi connectivity index (χ1n) is 6.78. The van der Waals surface area contributed by atoms with Crippen molar-refractivity contribution in [3.8, 4) is 0 Å². The van der Waals surface area contributed by atoms with Crippen molar-refractivity contribution in [1.29, 1.82) is 0 Å². The maximum Gasteiger partial charge on any atom is 3.00 e. The normalized spacial score (nSPS) is 11.8. The van der Waals surface area contributed by atoms with E-state index in [-0.39, 0.29) is 37.1 Å².